The maximum Gasteiger partial charge on any atom is 0.306 e. The number of hydrogen-bond acceptors (Lipinski definition) is 6. The molecule has 5 rings (SSSR count). The topological polar surface area (TPSA) is 80.0 Å². The van der Waals surface area contributed by atoms with Crippen molar-refractivity contribution in [1.29, 1.82) is 0 Å². The number of hydrogen-bond donors (Lipinski definition) is 0. The van der Waals surface area contributed by atoms with E-state index in [0.29, 0.717) is 29.9 Å². The Morgan fingerprint density at radius 1 is 1.09 bits per heavy atom. The van der Waals surface area contributed by atoms with Crippen LogP contribution in [0.2, 0.25) is 0 Å². The van der Waals surface area contributed by atoms with Crippen molar-refractivity contribution in [2.45, 2.75) is 98.1 Å². The molecule has 44 heavy (non-hydrogen) atoms. The van der Waals surface area contributed by atoms with E-state index in [-0.39, 0.29) is 37.6 Å². The molecule has 2 fully saturated rings. The number of para-hydroxylation sites is 1. The van der Waals surface area contributed by atoms with Gasteiger partial charge < -0.3 is 14.5 Å². The molecule has 3 heterocycles. The van der Waals surface area contributed by atoms with Crippen LogP contribution in [0.3, 0.4) is 0 Å². The minimum atomic E-state index is -1.67. The predicted molar refractivity (Wildman–Crippen MR) is 171 cm³/mol. The third-order valence-corrected chi connectivity index (χ3v) is 10.0. The van der Waals surface area contributed by atoms with Crippen molar-refractivity contribution in [2.75, 3.05) is 31.6 Å². The number of nitrogens with zero attached hydrogens (tertiary/aromatic N) is 5. The molecule has 1 aromatic carbocycles. The number of aromatic nitrogens is 3. The quantitative estimate of drug-likeness (QED) is 0.250. The third kappa shape index (κ3) is 6.33. The molecule has 0 unspecified atom stereocenters. The summed E-state index contributed by atoms with van der Waals surface area (Å²) in [6, 6.07) is 10.1. The van der Waals surface area contributed by atoms with E-state index in [1.165, 1.54) is 0 Å². The lowest BCUT2D eigenvalue weighted by Gasteiger charge is -2.42. The maximum atomic E-state index is 16.2. The fraction of sp³-hybridized carbons (Fsp3) is 0.600. The fourth-order valence-electron chi connectivity index (χ4n) is 7.21. The van der Waals surface area contributed by atoms with Gasteiger partial charge >= 0.3 is 5.97 Å². The smallest absolute Gasteiger partial charge is 0.306 e. The molecule has 8 nitrogen and oxygen atoms in total. The van der Waals surface area contributed by atoms with Crippen molar-refractivity contribution in [3.05, 3.63) is 52.8 Å². The van der Waals surface area contributed by atoms with Crippen LogP contribution in [0, 0.1) is 25.2 Å². The molecule has 0 bridgehead atoms. The molecule has 2 aromatic heterocycles. The monoisotopic (exact) mass is 605 g/mol. The average molecular weight is 606 g/mol. The molecule has 1 aliphatic carbocycles. The Morgan fingerprint density at radius 2 is 1.77 bits per heavy atom. The number of fused-ring (bicyclic) bond motifs is 1. The summed E-state index contributed by atoms with van der Waals surface area (Å²) in [5.74, 6) is -0.0200. The predicted octanol–water partition coefficient (Wildman–Crippen LogP) is 7.33. The van der Waals surface area contributed by atoms with Gasteiger partial charge in [-0.25, -0.2) is 9.37 Å². The number of halogens is 1. The number of amides is 1. The Morgan fingerprint density at radius 3 is 2.41 bits per heavy atom. The summed E-state index contributed by atoms with van der Waals surface area (Å²) in [6.45, 7) is 12.9. The van der Waals surface area contributed by atoms with Crippen molar-refractivity contribution in [1.82, 2.24) is 19.5 Å². The first-order chi connectivity index (χ1) is 20.9. The van der Waals surface area contributed by atoms with Crippen molar-refractivity contribution >= 4 is 29.0 Å². The second-order valence-corrected chi connectivity index (χ2v) is 13.7. The Hall–Kier alpha value is -3.49. The molecule has 1 aliphatic heterocycles. The Kier molecular flexibility index (Phi) is 9.06. The molecule has 0 radical (unpaired) electrons. The lowest BCUT2D eigenvalue weighted by molar-refractivity contribution is -0.146. The van der Waals surface area contributed by atoms with E-state index in [1.54, 1.807) is 29.3 Å². The third-order valence-electron chi connectivity index (χ3n) is 10.0. The van der Waals surface area contributed by atoms with E-state index in [9.17, 15) is 9.59 Å². The summed E-state index contributed by atoms with van der Waals surface area (Å²) in [5.41, 5.74) is 3.93. The highest BCUT2D eigenvalue weighted by atomic mass is 19.1. The van der Waals surface area contributed by atoms with E-state index >= 15 is 4.39 Å². The molecule has 238 valence electrons. The van der Waals surface area contributed by atoms with Crippen LogP contribution in [0.25, 0.3) is 5.65 Å². The largest absolute Gasteiger partial charge is 0.466 e. The van der Waals surface area contributed by atoms with Gasteiger partial charge in [-0.3, -0.25) is 9.59 Å². The second-order valence-electron chi connectivity index (χ2n) is 13.7. The van der Waals surface area contributed by atoms with E-state index in [4.69, 9.17) is 14.8 Å². The lowest BCUT2D eigenvalue weighted by atomic mass is 9.72. The maximum absolute atomic E-state index is 16.2. The highest BCUT2D eigenvalue weighted by Crippen LogP contribution is 2.43. The zero-order valence-electron chi connectivity index (χ0n) is 27.5. The molecule has 2 aliphatic rings. The summed E-state index contributed by atoms with van der Waals surface area (Å²) in [4.78, 5) is 34.8. The molecule has 1 saturated heterocycles. The van der Waals surface area contributed by atoms with Gasteiger partial charge in [0, 0.05) is 48.9 Å². The van der Waals surface area contributed by atoms with E-state index in [2.05, 4.69) is 56.9 Å². The minimum Gasteiger partial charge on any atom is -0.466 e. The normalized spacial score (nSPS) is 22.3. The van der Waals surface area contributed by atoms with Gasteiger partial charge in [0.2, 0.25) is 0 Å². The number of esters is 1. The van der Waals surface area contributed by atoms with Gasteiger partial charge in [-0.15, -0.1) is 0 Å². The van der Waals surface area contributed by atoms with Gasteiger partial charge in [-0.1, -0.05) is 39.0 Å². The zero-order chi connectivity index (χ0) is 31.8. The number of carbonyl (C=O) groups is 2. The van der Waals surface area contributed by atoms with Gasteiger partial charge in [0.1, 0.15) is 11.5 Å². The Labute approximate surface area is 261 Å². The van der Waals surface area contributed by atoms with Crippen LogP contribution >= 0.6 is 0 Å². The lowest BCUT2D eigenvalue weighted by Crippen LogP contribution is -2.53. The first-order valence-electron chi connectivity index (χ1n) is 16.2. The summed E-state index contributed by atoms with van der Waals surface area (Å²) in [5, 5.41) is 4.79. The highest BCUT2D eigenvalue weighted by Gasteiger charge is 2.45. The minimum absolute atomic E-state index is 0.0215. The van der Waals surface area contributed by atoms with Crippen LogP contribution in [0.15, 0.2) is 30.3 Å². The number of carbonyl (C=O) groups excluding carboxylic acids is 2. The fourth-order valence-corrected chi connectivity index (χ4v) is 7.21. The Bertz CT molecular complexity index is 1500. The number of benzene rings is 1. The number of rotatable bonds is 8. The summed E-state index contributed by atoms with van der Waals surface area (Å²) >= 11 is 0. The van der Waals surface area contributed by atoms with E-state index < -0.39 is 17.6 Å². The van der Waals surface area contributed by atoms with Crippen LogP contribution in [0.4, 0.5) is 15.9 Å². The molecule has 1 amide bonds. The molecule has 3 aromatic rings. The molecule has 0 N–H and O–H groups in total. The molecule has 2 atom stereocenters. The summed E-state index contributed by atoms with van der Waals surface area (Å²) in [6.07, 6.45) is 5.04. The van der Waals surface area contributed by atoms with Crippen molar-refractivity contribution in [3.8, 4) is 0 Å². The van der Waals surface area contributed by atoms with Crippen molar-refractivity contribution in [2.24, 2.45) is 11.3 Å². The van der Waals surface area contributed by atoms with Gasteiger partial charge in [-0.2, -0.15) is 9.61 Å². The molecule has 0 spiro atoms. The summed E-state index contributed by atoms with van der Waals surface area (Å²) in [7, 11) is 2.04. The van der Waals surface area contributed by atoms with Crippen LogP contribution < -0.4 is 4.90 Å². The van der Waals surface area contributed by atoms with E-state index in [0.717, 1.165) is 54.0 Å². The van der Waals surface area contributed by atoms with Crippen LogP contribution in [-0.2, 0) is 9.53 Å². The van der Waals surface area contributed by atoms with Crippen molar-refractivity contribution in [3.63, 3.8) is 0 Å². The standard InChI is InChI=1S/C35H48FN5O3/c1-8-35(36)22-40(18-15-26(35)19-31(42)44-9-2)33(43)28-20-29-37-27(25-13-16-34(5,6)17-14-25)21-30(41(29)38-28)39(7)32-23(3)11-10-12-24(32)4/h10-12,20-21,25-26H,8-9,13-19,22H2,1-7H3/t26-,35-/m0/s1. The van der Waals surface area contributed by atoms with Crippen LogP contribution in [-0.4, -0.2) is 63.8 Å². The molecule has 9 heteroatoms. The van der Waals surface area contributed by atoms with Gasteiger partial charge in [0.05, 0.1) is 19.6 Å². The number of ether oxygens (including phenoxy) is 1. The molecule has 1 saturated carbocycles. The zero-order valence-corrected chi connectivity index (χ0v) is 27.5. The van der Waals surface area contributed by atoms with E-state index in [1.807, 2.05) is 7.05 Å². The van der Waals surface area contributed by atoms with Crippen molar-refractivity contribution < 1.29 is 18.7 Å². The number of piperidine rings is 1. The molecular formula is C35H48FN5O3. The van der Waals surface area contributed by atoms with Crippen LogP contribution in [0.5, 0.6) is 0 Å². The number of alkyl halides is 1. The first-order valence-corrected chi connectivity index (χ1v) is 16.2. The highest BCUT2D eigenvalue weighted by molar-refractivity contribution is 5.93. The van der Waals surface area contributed by atoms with Gasteiger partial charge in [0.25, 0.3) is 5.91 Å². The first kappa shape index (κ1) is 31.9. The Balaban J connectivity index is 1.50. The number of likely N-dealkylation sites (tertiary alicyclic amines) is 1. The molecular weight excluding hydrogens is 557 g/mol. The average Bonchev–Trinajstić information content (AvgIpc) is 3.41. The van der Waals surface area contributed by atoms with Crippen LogP contribution in [0.1, 0.15) is 106 Å². The summed E-state index contributed by atoms with van der Waals surface area (Å²) < 4.78 is 23.0. The van der Waals surface area contributed by atoms with Gasteiger partial charge in [0.15, 0.2) is 11.3 Å². The number of aryl methyl sites for hydroxylation is 2. The number of anilines is 2. The SMILES string of the molecule is CCOC(=O)C[C@@H]1CCN(C(=O)c2cc3nc(C4CCC(C)(C)CC4)cc(N(C)c4c(C)cccc4C)n3n2)C[C@@]1(F)CC. The second kappa shape index (κ2) is 12.5. The van der Waals surface area contributed by atoms with Gasteiger partial charge in [-0.05, 0) is 75.8 Å².